The van der Waals surface area contributed by atoms with Gasteiger partial charge in [0.05, 0.1) is 17.4 Å². The molecule has 0 unspecified atom stereocenters. The quantitative estimate of drug-likeness (QED) is 0.787. The van der Waals surface area contributed by atoms with E-state index in [9.17, 15) is 0 Å². The summed E-state index contributed by atoms with van der Waals surface area (Å²) in [6, 6.07) is 9.86. The van der Waals surface area contributed by atoms with Crippen LogP contribution in [0.2, 0.25) is 0 Å². The lowest BCUT2D eigenvalue weighted by atomic mass is 9.90. The molecule has 2 aromatic rings. The zero-order valence-corrected chi connectivity index (χ0v) is 12.2. The highest BCUT2D eigenvalue weighted by Gasteiger charge is 2.53. The smallest absolute Gasteiger partial charge is 0.444 e. The summed E-state index contributed by atoms with van der Waals surface area (Å²) in [6.07, 6.45) is 1.70. The number of aromatic nitrogens is 1. The fraction of sp³-hybridized carbons (Fsp3) is 0.400. The van der Waals surface area contributed by atoms with Gasteiger partial charge in [0.1, 0.15) is 0 Å². The van der Waals surface area contributed by atoms with Crippen molar-refractivity contribution < 1.29 is 13.7 Å². The molecule has 0 bridgehead atoms. The van der Waals surface area contributed by atoms with Crippen molar-refractivity contribution in [2.45, 2.75) is 38.9 Å². The van der Waals surface area contributed by atoms with Gasteiger partial charge in [0.15, 0.2) is 5.76 Å². The van der Waals surface area contributed by atoms with E-state index in [0.29, 0.717) is 5.79 Å². The largest absolute Gasteiger partial charge is 0.554 e. The fourth-order valence-corrected chi connectivity index (χ4v) is 2.08. The van der Waals surface area contributed by atoms with E-state index in [1.165, 1.54) is 0 Å². The lowest BCUT2D eigenvalue weighted by Crippen LogP contribution is -2.41. The van der Waals surface area contributed by atoms with Crippen molar-refractivity contribution in [2.24, 2.45) is 0 Å². The second kappa shape index (κ2) is 4.47. The van der Waals surface area contributed by atoms with Gasteiger partial charge in [0.25, 0.3) is 0 Å². The molecule has 3 rings (SSSR count). The van der Waals surface area contributed by atoms with E-state index < -0.39 is 7.12 Å². The van der Waals surface area contributed by atoms with Crippen molar-refractivity contribution in [2.75, 3.05) is 0 Å². The Morgan fingerprint density at radius 1 is 0.950 bits per heavy atom. The van der Waals surface area contributed by atoms with Crippen LogP contribution in [0.5, 0.6) is 0 Å². The van der Waals surface area contributed by atoms with Crippen LogP contribution >= 0.6 is 0 Å². The van der Waals surface area contributed by atoms with Gasteiger partial charge in [-0.1, -0.05) is 30.3 Å². The van der Waals surface area contributed by atoms with E-state index in [1.807, 2.05) is 58.0 Å². The number of nitrogens with zero attached hydrogens (tertiary/aromatic N) is 1. The molecule has 1 aliphatic heterocycles. The summed E-state index contributed by atoms with van der Waals surface area (Å²) in [4.78, 5) is 4.29. The Balaban J connectivity index is 1.86. The molecule has 0 amide bonds. The minimum Gasteiger partial charge on any atom is -0.444 e. The van der Waals surface area contributed by atoms with Crippen molar-refractivity contribution in [3.63, 3.8) is 0 Å². The Hall–Kier alpha value is -1.59. The van der Waals surface area contributed by atoms with Crippen molar-refractivity contribution >= 4 is 12.9 Å². The number of hydrogen-bond donors (Lipinski definition) is 0. The van der Waals surface area contributed by atoms with Crippen LogP contribution in [0.3, 0.4) is 0 Å². The Morgan fingerprint density at radius 2 is 1.55 bits per heavy atom. The average Bonchev–Trinajstić information content (AvgIpc) is 2.94. The third kappa shape index (κ3) is 2.17. The molecule has 1 aromatic carbocycles. The van der Waals surface area contributed by atoms with Crippen LogP contribution in [0.25, 0.3) is 11.3 Å². The second-order valence-corrected chi connectivity index (χ2v) is 6.02. The van der Waals surface area contributed by atoms with E-state index >= 15 is 0 Å². The average molecular weight is 271 g/mol. The molecular formula is C15H18BNO3. The van der Waals surface area contributed by atoms with Gasteiger partial charge in [-0.3, -0.25) is 0 Å². The van der Waals surface area contributed by atoms with Gasteiger partial charge in [-0.2, -0.15) is 0 Å². The van der Waals surface area contributed by atoms with E-state index in [2.05, 4.69) is 4.98 Å². The van der Waals surface area contributed by atoms with Gasteiger partial charge < -0.3 is 13.7 Å². The molecule has 0 aliphatic carbocycles. The van der Waals surface area contributed by atoms with Gasteiger partial charge in [0, 0.05) is 5.56 Å². The minimum atomic E-state index is -0.558. The van der Waals surface area contributed by atoms with Crippen LogP contribution < -0.4 is 5.79 Å². The Bertz CT molecular complexity index is 591. The van der Waals surface area contributed by atoms with E-state index in [-0.39, 0.29) is 11.2 Å². The van der Waals surface area contributed by atoms with Crippen LogP contribution in [-0.2, 0) is 9.31 Å². The molecule has 0 saturated carbocycles. The third-order valence-corrected chi connectivity index (χ3v) is 4.04. The zero-order chi connectivity index (χ0) is 14.4. The first-order chi connectivity index (χ1) is 9.39. The van der Waals surface area contributed by atoms with Gasteiger partial charge in [0.2, 0.25) is 5.79 Å². The first kappa shape index (κ1) is 13.4. The predicted molar refractivity (Wildman–Crippen MR) is 77.7 cm³/mol. The van der Waals surface area contributed by atoms with Crippen LogP contribution in [0.15, 0.2) is 40.9 Å². The molecule has 1 aliphatic rings. The lowest BCUT2D eigenvalue weighted by molar-refractivity contribution is 0.00578. The first-order valence-electron chi connectivity index (χ1n) is 6.76. The summed E-state index contributed by atoms with van der Waals surface area (Å²) in [5, 5.41) is 0. The summed E-state index contributed by atoms with van der Waals surface area (Å²) in [5.41, 5.74) is 0.209. The summed E-state index contributed by atoms with van der Waals surface area (Å²) in [7, 11) is -0.558. The third-order valence-electron chi connectivity index (χ3n) is 4.04. The maximum Gasteiger partial charge on any atom is 0.554 e. The Labute approximate surface area is 119 Å². The summed E-state index contributed by atoms with van der Waals surface area (Å²) >= 11 is 0. The molecule has 1 fully saturated rings. The molecule has 20 heavy (non-hydrogen) atoms. The summed E-state index contributed by atoms with van der Waals surface area (Å²) < 4.78 is 17.6. The molecule has 0 radical (unpaired) electrons. The molecule has 4 nitrogen and oxygen atoms in total. The summed E-state index contributed by atoms with van der Waals surface area (Å²) in [6.45, 7) is 8.03. The second-order valence-electron chi connectivity index (χ2n) is 6.02. The molecule has 1 aromatic heterocycles. The lowest BCUT2D eigenvalue weighted by Gasteiger charge is -2.32. The molecule has 1 saturated heterocycles. The van der Waals surface area contributed by atoms with Crippen molar-refractivity contribution in [3.05, 3.63) is 36.5 Å². The number of benzene rings is 1. The van der Waals surface area contributed by atoms with Crippen LogP contribution in [0.4, 0.5) is 0 Å². The maximum atomic E-state index is 5.92. The first-order valence-corrected chi connectivity index (χ1v) is 6.76. The Kier molecular flexibility index (Phi) is 2.99. The SMILES string of the molecule is CC1(C)OB(c2ncc(-c3ccccc3)o2)OC1(C)C. The number of hydrogen-bond acceptors (Lipinski definition) is 4. The van der Waals surface area contributed by atoms with Crippen molar-refractivity contribution in [1.29, 1.82) is 0 Å². The predicted octanol–water partition coefficient (Wildman–Crippen LogP) is 2.64. The van der Waals surface area contributed by atoms with Crippen LogP contribution in [0.1, 0.15) is 27.7 Å². The molecular weight excluding hydrogens is 253 g/mol. The Morgan fingerprint density at radius 3 is 2.15 bits per heavy atom. The summed E-state index contributed by atoms with van der Waals surface area (Å²) in [5.74, 6) is 1.18. The molecule has 0 atom stereocenters. The van der Waals surface area contributed by atoms with Crippen molar-refractivity contribution in [3.8, 4) is 11.3 Å². The minimum absolute atomic E-state index is 0.390. The standard InChI is InChI=1S/C15H18BNO3/c1-14(2)15(3,4)20-16(19-14)13-17-10-12(18-13)11-8-6-5-7-9-11/h5-10H,1-4H3. The highest BCUT2D eigenvalue weighted by atomic mass is 16.7. The number of oxazole rings is 1. The molecule has 0 spiro atoms. The molecule has 104 valence electrons. The van der Waals surface area contributed by atoms with Gasteiger partial charge in [-0.15, -0.1) is 0 Å². The highest BCUT2D eigenvalue weighted by Crippen LogP contribution is 2.36. The van der Waals surface area contributed by atoms with Gasteiger partial charge >= 0.3 is 7.12 Å². The van der Waals surface area contributed by atoms with Crippen LogP contribution in [0, 0.1) is 0 Å². The maximum absolute atomic E-state index is 5.92. The van der Waals surface area contributed by atoms with Gasteiger partial charge in [-0.05, 0) is 27.7 Å². The van der Waals surface area contributed by atoms with E-state index in [1.54, 1.807) is 6.20 Å². The van der Waals surface area contributed by atoms with E-state index in [4.69, 9.17) is 13.7 Å². The van der Waals surface area contributed by atoms with E-state index in [0.717, 1.165) is 11.3 Å². The number of rotatable bonds is 2. The fourth-order valence-electron chi connectivity index (χ4n) is 2.08. The normalized spacial score (nSPS) is 20.3. The zero-order valence-electron chi connectivity index (χ0n) is 12.2. The topological polar surface area (TPSA) is 44.5 Å². The van der Waals surface area contributed by atoms with Crippen LogP contribution in [-0.4, -0.2) is 23.3 Å². The van der Waals surface area contributed by atoms with Gasteiger partial charge in [-0.25, -0.2) is 4.98 Å². The molecule has 2 heterocycles. The monoisotopic (exact) mass is 271 g/mol. The van der Waals surface area contributed by atoms with Crippen molar-refractivity contribution in [1.82, 2.24) is 4.98 Å². The molecule has 0 N–H and O–H groups in total. The highest BCUT2D eigenvalue weighted by molar-refractivity contribution is 6.59. The molecule has 5 heteroatoms.